The highest BCUT2D eigenvalue weighted by atomic mass is 15.2. The van der Waals surface area contributed by atoms with Crippen LogP contribution in [0.15, 0.2) is 30.3 Å². The van der Waals surface area contributed by atoms with E-state index in [4.69, 9.17) is 0 Å². The predicted octanol–water partition coefficient (Wildman–Crippen LogP) is 3.57. The molecule has 116 valence electrons. The minimum Gasteiger partial charge on any atom is -0.302 e. The molecule has 1 saturated heterocycles. The molecule has 1 heterocycles. The van der Waals surface area contributed by atoms with Crippen molar-refractivity contribution < 1.29 is 0 Å². The molecule has 2 heteroatoms. The minimum atomic E-state index is 0.778. The summed E-state index contributed by atoms with van der Waals surface area (Å²) in [6.45, 7) is 3.88. The van der Waals surface area contributed by atoms with Gasteiger partial charge in [0.15, 0.2) is 0 Å². The van der Waals surface area contributed by atoms with Gasteiger partial charge in [-0.05, 0) is 57.8 Å². The molecule has 0 amide bonds. The molecule has 0 aromatic heterocycles. The predicted molar refractivity (Wildman–Crippen MR) is 89.6 cm³/mol. The van der Waals surface area contributed by atoms with Crippen LogP contribution in [0.1, 0.15) is 44.1 Å². The Balaban J connectivity index is 1.57. The topological polar surface area (TPSA) is 6.48 Å². The highest BCUT2D eigenvalue weighted by Crippen LogP contribution is 2.29. The molecule has 1 saturated carbocycles. The van der Waals surface area contributed by atoms with Crippen LogP contribution in [0.2, 0.25) is 0 Å². The smallest absolute Gasteiger partial charge is 0.0251 e. The van der Waals surface area contributed by atoms with Crippen molar-refractivity contribution in [3.05, 3.63) is 35.9 Å². The average Bonchev–Trinajstić information content (AvgIpc) is 3.08. The van der Waals surface area contributed by atoms with Crippen LogP contribution >= 0.6 is 0 Å². The normalized spacial score (nSPS) is 27.3. The fraction of sp³-hybridized carbons (Fsp3) is 0.684. The maximum Gasteiger partial charge on any atom is 0.0251 e. The van der Waals surface area contributed by atoms with Gasteiger partial charge >= 0.3 is 0 Å². The Hall–Kier alpha value is -0.860. The van der Waals surface area contributed by atoms with Crippen LogP contribution in [0, 0.1) is 0 Å². The summed E-state index contributed by atoms with van der Waals surface area (Å²) in [7, 11) is 2.35. The van der Waals surface area contributed by atoms with Crippen LogP contribution < -0.4 is 0 Å². The summed E-state index contributed by atoms with van der Waals surface area (Å²) < 4.78 is 0. The SMILES string of the molecule is CN(CCc1ccccc1)[C@@H]1CCCC[C@@H]1N1CCCC1. The van der Waals surface area contributed by atoms with E-state index in [9.17, 15) is 0 Å². The van der Waals surface area contributed by atoms with E-state index in [1.807, 2.05) is 0 Å². The fourth-order valence-electron chi connectivity index (χ4n) is 4.22. The van der Waals surface area contributed by atoms with Crippen LogP contribution in [0.4, 0.5) is 0 Å². The summed E-state index contributed by atoms with van der Waals surface area (Å²) in [5.74, 6) is 0. The Morgan fingerprint density at radius 3 is 2.48 bits per heavy atom. The monoisotopic (exact) mass is 286 g/mol. The van der Waals surface area contributed by atoms with Crippen LogP contribution in [0.5, 0.6) is 0 Å². The van der Waals surface area contributed by atoms with Gasteiger partial charge < -0.3 is 4.90 Å². The molecule has 0 unspecified atom stereocenters. The van der Waals surface area contributed by atoms with Gasteiger partial charge in [-0.25, -0.2) is 0 Å². The molecule has 2 nitrogen and oxygen atoms in total. The molecular weight excluding hydrogens is 256 g/mol. The van der Waals surface area contributed by atoms with Crippen molar-refractivity contribution in [3.8, 4) is 0 Å². The Morgan fingerprint density at radius 1 is 1.00 bits per heavy atom. The highest BCUT2D eigenvalue weighted by Gasteiger charge is 2.33. The van der Waals surface area contributed by atoms with E-state index in [2.05, 4.69) is 47.2 Å². The van der Waals surface area contributed by atoms with E-state index in [1.165, 1.54) is 70.1 Å². The highest BCUT2D eigenvalue weighted by molar-refractivity contribution is 5.14. The molecule has 0 N–H and O–H groups in total. The zero-order chi connectivity index (χ0) is 14.5. The molecule has 1 aromatic rings. The fourth-order valence-corrected chi connectivity index (χ4v) is 4.22. The Bertz CT molecular complexity index is 411. The van der Waals surface area contributed by atoms with Crippen LogP contribution in [-0.2, 0) is 6.42 Å². The second kappa shape index (κ2) is 7.42. The average molecular weight is 286 g/mol. The number of hydrogen-bond acceptors (Lipinski definition) is 2. The zero-order valence-electron chi connectivity index (χ0n) is 13.5. The molecule has 2 atom stereocenters. The van der Waals surface area contributed by atoms with Crippen molar-refractivity contribution in [1.29, 1.82) is 0 Å². The van der Waals surface area contributed by atoms with Gasteiger partial charge in [-0.2, -0.15) is 0 Å². The molecule has 2 aliphatic rings. The van der Waals surface area contributed by atoms with E-state index in [-0.39, 0.29) is 0 Å². The lowest BCUT2D eigenvalue weighted by Gasteiger charge is -2.42. The van der Waals surface area contributed by atoms with Gasteiger partial charge in [-0.3, -0.25) is 4.90 Å². The summed E-state index contributed by atoms with van der Waals surface area (Å²) >= 11 is 0. The van der Waals surface area contributed by atoms with Gasteiger partial charge in [0.25, 0.3) is 0 Å². The van der Waals surface area contributed by atoms with Gasteiger partial charge in [0.1, 0.15) is 0 Å². The standard InChI is InChI=1S/C19H30N2/c1-20(16-13-17-9-3-2-4-10-17)18-11-5-6-12-19(18)21-14-7-8-15-21/h2-4,9-10,18-19H,5-8,11-16H2,1H3/t18-,19+/m1/s1. The molecule has 1 aliphatic carbocycles. The quantitative estimate of drug-likeness (QED) is 0.816. The lowest BCUT2D eigenvalue weighted by molar-refractivity contribution is 0.0771. The Morgan fingerprint density at radius 2 is 1.71 bits per heavy atom. The lowest BCUT2D eigenvalue weighted by atomic mass is 9.88. The van der Waals surface area contributed by atoms with Crippen LogP contribution in [0.3, 0.4) is 0 Å². The van der Waals surface area contributed by atoms with Crippen molar-refractivity contribution in [2.45, 2.75) is 57.0 Å². The molecule has 21 heavy (non-hydrogen) atoms. The van der Waals surface area contributed by atoms with Gasteiger partial charge in [0.2, 0.25) is 0 Å². The molecule has 1 aliphatic heterocycles. The lowest BCUT2D eigenvalue weighted by Crippen LogP contribution is -2.51. The molecule has 0 radical (unpaired) electrons. The van der Waals surface area contributed by atoms with E-state index in [0.29, 0.717) is 0 Å². The van der Waals surface area contributed by atoms with Gasteiger partial charge in [-0.1, -0.05) is 43.2 Å². The van der Waals surface area contributed by atoms with Crippen LogP contribution in [-0.4, -0.2) is 48.6 Å². The van der Waals surface area contributed by atoms with Crippen molar-refractivity contribution in [1.82, 2.24) is 9.80 Å². The number of benzene rings is 1. The third-order valence-electron chi connectivity index (χ3n) is 5.47. The maximum absolute atomic E-state index is 2.78. The first-order valence-electron chi connectivity index (χ1n) is 8.83. The Labute approximate surface area is 130 Å². The maximum atomic E-state index is 2.78. The van der Waals surface area contributed by atoms with E-state index in [0.717, 1.165) is 12.1 Å². The molecule has 0 bridgehead atoms. The molecule has 3 rings (SSSR count). The van der Waals surface area contributed by atoms with E-state index < -0.39 is 0 Å². The summed E-state index contributed by atoms with van der Waals surface area (Å²) in [5.41, 5.74) is 1.47. The second-order valence-corrected chi connectivity index (χ2v) is 6.88. The van der Waals surface area contributed by atoms with Crippen molar-refractivity contribution in [2.75, 3.05) is 26.7 Å². The minimum absolute atomic E-state index is 0.778. The van der Waals surface area contributed by atoms with Gasteiger partial charge in [0, 0.05) is 18.6 Å². The van der Waals surface area contributed by atoms with E-state index >= 15 is 0 Å². The second-order valence-electron chi connectivity index (χ2n) is 6.88. The largest absolute Gasteiger partial charge is 0.302 e. The van der Waals surface area contributed by atoms with Crippen molar-refractivity contribution in [2.24, 2.45) is 0 Å². The molecular formula is C19H30N2. The first kappa shape index (κ1) is 15.1. The van der Waals surface area contributed by atoms with Crippen molar-refractivity contribution >= 4 is 0 Å². The van der Waals surface area contributed by atoms with E-state index in [1.54, 1.807) is 0 Å². The zero-order valence-corrected chi connectivity index (χ0v) is 13.5. The molecule has 1 aromatic carbocycles. The van der Waals surface area contributed by atoms with Gasteiger partial charge in [-0.15, -0.1) is 0 Å². The third-order valence-corrected chi connectivity index (χ3v) is 5.47. The first-order chi connectivity index (χ1) is 10.3. The summed E-state index contributed by atoms with van der Waals surface area (Å²) in [4.78, 5) is 5.43. The number of rotatable bonds is 5. The third kappa shape index (κ3) is 3.87. The first-order valence-corrected chi connectivity index (χ1v) is 8.83. The summed E-state index contributed by atoms with van der Waals surface area (Å²) in [6.07, 6.45) is 9.68. The summed E-state index contributed by atoms with van der Waals surface area (Å²) in [5, 5.41) is 0. The number of likely N-dealkylation sites (tertiary alicyclic amines) is 1. The number of likely N-dealkylation sites (N-methyl/N-ethyl adjacent to an activating group) is 1. The van der Waals surface area contributed by atoms with Crippen LogP contribution in [0.25, 0.3) is 0 Å². The molecule has 2 fully saturated rings. The Kier molecular flexibility index (Phi) is 5.32. The van der Waals surface area contributed by atoms with Crippen molar-refractivity contribution in [3.63, 3.8) is 0 Å². The number of nitrogens with zero attached hydrogens (tertiary/aromatic N) is 2. The van der Waals surface area contributed by atoms with Gasteiger partial charge in [0.05, 0.1) is 0 Å². The number of hydrogen-bond donors (Lipinski definition) is 0. The molecule has 0 spiro atoms. The summed E-state index contributed by atoms with van der Waals surface area (Å²) in [6, 6.07) is 12.5.